The largest absolute Gasteiger partial charge is 0.344 e. The van der Waals surface area contributed by atoms with Gasteiger partial charge in [-0.3, -0.25) is 9.11 Å². The number of rotatable bonds is 13. The summed E-state index contributed by atoms with van der Waals surface area (Å²) in [6, 6.07) is 25.3. The zero-order chi connectivity index (χ0) is 36.6. The van der Waals surface area contributed by atoms with E-state index in [1.807, 2.05) is 30.4 Å². The van der Waals surface area contributed by atoms with E-state index < -0.39 is 20.2 Å². The third kappa shape index (κ3) is 7.60. The molecule has 0 spiro atoms. The lowest BCUT2D eigenvalue weighted by atomic mass is 9.79. The Kier molecular flexibility index (Phi) is 10.2. The monoisotopic (exact) mass is 727 g/mol. The molecule has 2 aliphatic rings. The van der Waals surface area contributed by atoms with Crippen LogP contribution in [0.15, 0.2) is 109 Å². The molecule has 0 amide bonds. The van der Waals surface area contributed by atoms with Gasteiger partial charge in [0.2, 0.25) is 5.69 Å². The standard InChI is InChI=1S/C41H46N2O6S2/c1-40(2)36(42(26-12-14-28-50(44,45)46)34-24-22-30-16-8-10-18-32(30)38(34)40)20-6-5-7-21-37-41(3,4)39-33-19-11-9-17-31(33)23-25-35(39)43(37)27-13-15-29-51(47,48)49/h5-11,16-25H,12-15,26-29H2,1-4H3,(H-,44,45,46,47,48,49)/p+1. The van der Waals surface area contributed by atoms with Crippen LogP contribution in [0, 0.1) is 0 Å². The van der Waals surface area contributed by atoms with Crippen LogP contribution in [0.4, 0.5) is 11.4 Å². The molecule has 4 aromatic rings. The first-order chi connectivity index (χ1) is 24.1. The van der Waals surface area contributed by atoms with Crippen molar-refractivity contribution in [2.24, 2.45) is 0 Å². The van der Waals surface area contributed by atoms with E-state index in [4.69, 9.17) is 0 Å². The number of anilines is 1. The first-order valence-electron chi connectivity index (χ1n) is 17.5. The van der Waals surface area contributed by atoms with Crippen molar-refractivity contribution in [3.05, 3.63) is 120 Å². The molecular formula is C41H47N2O6S2+. The molecule has 0 atom stereocenters. The Morgan fingerprint density at radius 1 is 0.667 bits per heavy atom. The molecule has 4 aromatic carbocycles. The van der Waals surface area contributed by atoms with Crippen molar-refractivity contribution in [3.8, 4) is 0 Å². The third-order valence-electron chi connectivity index (χ3n) is 10.3. The third-order valence-corrected chi connectivity index (χ3v) is 11.9. The molecule has 2 N–H and O–H groups in total. The van der Waals surface area contributed by atoms with Crippen molar-refractivity contribution in [2.75, 3.05) is 29.5 Å². The van der Waals surface area contributed by atoms with Crippen LogP contribution in [-0.2, 0) is 31.1 Å². The summed E-state index contributed by atoms with van der Waals surface area (Å²) in [5.74, 6) is -0.518. The Morgan fingerprint density at radius 3 is 1.90 bits per heavy atom. The second-order valence-electron chi connectivity index (χ2n) is 14.6. The number of nitrogens with zero attached hydrogens (tertiary/aromatic N) is 2. The Balaban J connectivity index is 1.32. The van der Waals surface area contributed by atoms with Crippen LogP contribution in [0.5, 0.6) is 0 Å². The van der Waals surface area contributed by atoms with Crippen LogP contribution in [0.1, 0.15) is 64.5 Å². The number of hydrogen-bond donors (Lipinski definition) is 2. The van der Waals surface area contributed by atoms with Crippen LogP contribution in [0.3, 0.4) is 0 Å². The fourth-order valence-corrected chi connectivity index (χ4v) is 9.16. The van der Waals surface area contributed by atoms with Crippen molar-refractivity contribution in [1.29, 1.82) is 0 Å². The molecule has 2 aliphatic heterocycles. The van der Waals surface area contributed by atoms with Gasteiger partial charge < -0.3 is 4.90 Å². The molecule has 6 rings (SSSR count). The van der Waals surface area contributed by atoms with Gasteiger partial charge in [-0.05, 0) is 78.4 Å². The molecule has 268 valence electrons. The first kappa shape index (κ1) is 36.7. The Bertz CT molecular complexity index is 2330. The van der Waals surface area contributed by atoms with Crippen LogP contribution in [-0.4, -0.2) is 60.8 Å². The van der Waals surface area contributed by atoms with Crippen LogP contribution in [0.25, 0.3) is 21.5 Å². The maximum Gasteiger partial charge on any atom is 0.264 e. The summed E-state index contributed by atoms with van der Waals surface area (Å²) >= 11 is 0. The normalized spacial score (nSPS) is 17.8. The molecule has 0 radical (unpaired) electrons. The average molecular weight is 728 g/mol. The van der Waals surface area contributed by atoms with Gasteiger partial charge in [0.1, 0.15) is 6.54 Å². The van der Waals surface area contributed by atoms with E-state index in [2.05, 4.69) is 110 Å². The topological polar surface area (TPSA) is 115 Å². The molecule has 2 heterocycles. The van der Waals surface area contributed by atoms with Gasteiger partial charge in [-0.25, -0.2) is 0 Å². The highest BCUT2D eigenvalue weighted by atomic mass is 32.2. The van der Waals surface area contributed by atoms with Gasteiger partial charge in [-0.1, -0.05) is 86.7 Å². The summed E-state index contributed by atoms with van der Waals surface area (Å²) in [5, 5.41) is 4.73. The molecule has 0 fully saturated rings. The lowest BCUT2D eigenvalue weighted by Gasteiger charge is -2.27. The van der Waals surface area contributed by atoms with Crippen LogP contribution < -0.4 is 4.90 Å². The highest BCUT2D eigenvalue weighted by Crippen LogP contribution is 2.51. The zero-order valence-corrected chi connectivity index (χ0v) is 31.3. The van der Waals surface area contributed by atoms with Crippen molar-refractivity contribution in [1.82, 2.24) is 0 Å². The van der Waals surface area contributed by atoms with Gasteiger partial charge in [0.05, 0.1) is 16.9 Å². The zero-order valence-electron chi connectivity index (χ0n) is 29.7. The molecule has 8 nitrogen and oxygen atoms in total. The van der Waals surface area contributed by atoms with Gasteiger partial charge in [-0.2, -0.15) is 21.4 Å². The highest BCUT2D eigenvalue weighted by Gasteiger charge is 2.45. The molecule has 0 unspecified atom stereocenters. The second-order valence-corrected chi connectivity index (χ2v) is 17.7. The highest BCUT2D eigenvalue weighted by molar-refractivity contribution is 7.86. The first-order valence-corrected chi connectivity index (χ1v) is 20.7. The molecule has 10 heteroatoms. The molecule has 0 aliphatic carbocycles. The van der Waals surface area contributed by atoms with Gasteiger partial charge in [0.15, 0.2) is 5.71 Å². The van der Waals surface area contributed by atoms with Crippen molar-refractivity contribution >= 4 is 58.9 Å². The SMILES string of the molecule is CC1(C)C(C=CC=C/C=C2\N(CCCCS(=O)(=O)O)c3ccc4ccccc4c3C2(C)C)=[N+](CCCCS(=O)(=O)O)c2ccc3ccccc3c21. The fraction of sp³-hybridized carbons (Fsp3) is 0.341. The lowest BCUT2D eigenvalue weighted by Crippen LogP contribution is -2.28. The van der Waals surface area contributed by atoms with E-state index in [1.54, 1.807) is 0 Å². The smallest absolute Gasteiger partial charge is 0.264 e. The van der Waals surface area contributed by atoms with Gasteiger partial charge in [0.25, 0.3) is 20.2 Å². The minimum atomic E-state index is -4.02. The molecule has 0 saturated heterocycles. The Hall–Kier alpha value is -4.09. The van der Waals surface area contributed by atoms with Gasteiger partial charge in [0, 0.05) is 47.5 Å². The minimum Gasteiger partial charge on any atom is -0.344 e. The predicted octanol–water partition coefficient (Wildman–Crippen LogP) is 8.50. The molecule has 51 heavy (non-hydrogen) atoms. The van der Waals surface area contributed by atoms with Crippen LogP contribution in [0.2, 0.25) is 0 Å². The fourth-order valence-electron chi connectivity index (χ4n) is 8.02. The van der Waals surface area contributed by atoms with Crippen molar-refractivity contribution in [2.45, 2.75) is 64.2 Å². The van der Waals surface area contributed by atoms with E-state index in [1.165, 1.54) is 32.7 Å². The van der Waals surface area contributed by atoms with Crippen molar-refractivity contribution in [3.63, 3.8) is 0 Å². The summed E-state index contributed by atoms with van der Waals surface area (Å²) in [6.07, 6.45) is 12.3. The van der Waals surface area contributed by atoms with Crippen molar-refractivity contribution < 1.29 is 30.5 Å². The molecule has 0 aromatic heterocycles. The van der Waals surface area contributed by atoms with Gasteiger partial charge >= 0.3 is 0 Å². The average Bonchev–Trinajstić information content (AvgIpc) is 3.42. The number of allylic oxidation sites excluding steroid dienone is 6. The quantitative estimate of drug-likeness (QED) is 0.0615. The maximum absolute atomic E-state index is 11.4. The van der Waals surface area contributed by atoms with Gasteiger partial charge in [-0.15, -0.1) is 0 Å². The number of hydrogen-bond acceptors (Lipinski definition) is 5. The second kappa shape index (κ2) is 14.1. The Labute approximate surface area is 302 Å². The minimum absolute atomic E-state index is 0.259. The number of fused-ring (bicyclic) bond motifs is 6. The number of unbranched alkanes of at least 4 members (excludes halogenated alkanes) is 2. The predicted molar refractivity (Wildman–Crippen MR) is 209 cm³/mol. The molecule has 0 saturated carbocycles. The summed E-state index contributed by atoms with van der Waals surface area (Å²) in [5.41, 5.74) is 6.27. The van der Waals surface area contributed by atoms with E-state index in [0.29, 0.717) is 38.8 Å². The number of benzene rings is 4. The molecular weight excluding hydrogens is 681 g/mol. The Morgan fingerprint density at radius 2 is 1.25 bits per heavy atom. The van der Waals surface area contributed by atoms with E-state index in [-0.39, 0.29) is 22.3 Å². The molecule has 0 bridgehead atoms. The summed E-state index contributed by atoms with van der Waals surface area (Å²) in [7, 11) is -8.04. The van der Waals surface area contributed by atoms with E-state index in [0.717, 1.165) is 22.8 Å². The summed E-state index contributed by atoms with van der Waals surface area (Å²) in [4.78, 5) is 2.28. The summed E-state index contributed by atoms with van der Waals surface area (Å²) in [6.45, 7) is 10.1. The lowest BCUT2D eigenvalue weighted by molar-refractivity contribution is -0.438. The maximum atomic E-state index is 11.4. The van der Waals surface area contributed by atoms with E-state index >= 15 is 0 Å². The van der Waals surface area contributed by atoms with E-state index in [9.17, 15) is 25.9 Å². The van der Waals surface area contributed by atoms with Crippen LogP contribution >= 0.6 is 0 Å². The summed E-state index contributed by atoms with van der Waals surface area (Å²) < 4.78 is 66.5.